The largest absolute Gasteiger partial charge is 0.476 e. The predicted molar refractivity (Wildman–Crippen MR) is 72.5 cm³/mol. The molecular weight excluding hydrogens is 304 g/mol. The third-order valence-corrected chi connectivity index (χ3v) is 6.38. The van der Waals surface area contributed by atoms with Gasteiger partial charge in [-0.15, -0.1) is 11.3 Å². The van der Waals surface area contributed by atoms with E-state index in [9.17, 15) is 13.2 Å². The molecule has 7 nitrogen and oxygen atoms in total. The van der Waals surface area contributed by atoms with E-state index in [1.54, 1.807) is 6.92 Å². The van der Waals surface area contributed by atoms with Crippen molar-refractivity contribution in [1.29, 1.82) is 0 Å². The number of ether oxygens (including phenoxy) is 1. The minimum Gasteiger partial charge on any atom is -0.476 e. The van der Waals surface area contributed by atoms with Crippen LogP contribution >= 0.6 is 11.3 Å². The van der Waals surface area contributed by atoms with Crippen LogP contribution in [-0.4, -0.2) is 54.6 Å². The number of hydrogen-bond donors (Lipinski definition) is 1. The van der Waals surface area contributed by atoms with Gasteiger partial charge in [0.1, 0.15) is 0 Å². The lowest BCUT2D eigenvalue weighted by molar-refractivity contribution is 0.0687. The number of aromatic nitrogens is 1. The third kappa shape index (κ3) is 3.00. The first-order valence-corrected chi connectivity index (χ1v) is 8.57. The first-order chi connectivity index (χ1) is 9.46. The highest BCUT2D eigenvalue weighted by Gasteiger charge is 2.33. The van der Waals surface area contributed by atoms with Crippen LogP contribution in [0.1, 0.15) is 30.3 Å². The SMILES string of the molecule is CCN(CC1CCCO1)S(=O)(=O)c1scnc1C(=O)O. The number of carboxylic acids is 1. The van der Waals surface area contributed by atoms with Crippen LogP contribution in [0.2, 0.25) is 0 Å². The maximum Gasteiger partial charge on any atom is 0.356 e. The molecule has 1 atom stereocenters. The van der Waals surface area contributed by atoms with Gasteiger partial charge in [-0.1, -0.05) is 6.92 Å². The third-order valence-electron chi connectivity index (χ3n) is 3.10. The fraction of sp³-hybridized carbons (Fsp3) is 0.636. The molecule has 0 aromatic carbocycles. The number of sulfonamides is 1. The Kier molecular flexibility index (Phi) is 4.74. The van der Waals surface area contributed by atoms with Gasteiger partial charge in [0.25, 0.3) is 10.0 Å². The summed E-state index contributed by atoms with van der Waals surface area (Å²) < 4.78 is 31.5. The molecule has 112 valence electrons. The van der Waals surface area contributed by atoms with Crippen LogP contribution in [0.5, 0.6) is 0 Å². The normalized spacial score (nSPS) is 19.6. The highest BCUT2D eigenvalue weighted by Crippen LogP contribution is 2.25. The van der Waals surface area contributed by atoms with Crippen molar-refractivity contribution >= 4 is 27.3 Å². The number of thiazole rings is 1. The number of nitrogens with zero attached hydrogens (tertiary/aromatic N) is 2. The Hall–Kier alpha value is -1.03. The topological polar surface area (TPSA) is 96.8 Å². The molecule has 1 unspecified atom stereocenters. The van der Waals surface area contributed by atoms with E-state index < -0.39 is 21.7 Å². The fourth-order valence-corrected chi connectivity index (χ4v) is 4.85. The van der Waals surface area contributed by atoms with Crippen LogP contribution in [0.15, 0.2) is 9.72 Å². The van der Waals surface area contributed by atoms with Crippen molar-refractivity contribution in [2.45, 2.75) is 30.1 Å². The van der Waals surface area contributed by atoms with Crippen molar-refractivity contribution in [3.05, 3.63) is 11.2 Å². The average molecular weight is 320 g/mol. The van der Waals surface area contributed by atoms with Gasteiger partial charge in [-0.3, -0.25) is 0 Å². The standard InChI is InChI=1S/C11H16N2O5S2/c1-2-13(6-8-4-3-5-18-8)20(16,17)11-9(10(14)15)12-7-19-11/h7-8H,2-6H2,1H3,(H,14,15). The monoisotopic (exact) mass is 320 g/mol. The zero-order valence-electron chi connectivity index (χ0n) is 11.0. The Morgan fingerprint density at radius 2 is 2.40 bits per heavy atom. The van der Waals surface area contributed by atoms with E-state index in [0.717, 1.165) is 24.2 Å². The molecule has 20 heavy (non-hydrogen) atoms. The van der Waals surface area contributed by atoms with Gasteiger partial charge in [0, 0.05) is 19.7 Å². The lowest BCUT2D eigenvalue weighted by atomic mass is 10.2. The fourth-order valence-electron chi connectivity index (χ4n) is 2.09. The van der Waals surface area contributed by atoms with Crippen LogP contribution in [0, 0.1) is 0 Å². The van der Waals surface area contributed by atoms with E-state index in [2.05, 4.69) is 4.98 Å². The summed E-state index contributed by atoms with van der Waals surface area (Å²) in [5.74, 6) is -1.34. The molecule has 1 saturated heterocycles. The molecule has 0 bridgehead atoms. The molecule has 1 aliphatic heterocycles. The predicted octanol–water partition coefficient (Wildman–Crippen LogP) is 1.03. The molecule has 0 amide bonds. The highest BCUT2D eigenvalue weighted by molar-refractivity contribution is 7.91. The van der Waals surface area contributed by atoms with E-state index in [1.165, 1.54) is 9.82 Å². The van der Waals surface area contributed by atoms with E-state index in [1.807, 2.05) is 0 Å². The molecule has 9 heteroatoms. The van der Waals surface area contributed by atoms with Gasteiger partial charge in [-0.2, -0.15) is 4.31 Å². The van der Waals surface area contributed by atoms with Crippen LogP contribution in [0.25, 0.3) is 0 Å². The second-order valence-corrected chi connectivity index (χ2v) is 7.37. The Morgan fingerprint density at radius 1 is 1.65 bits per heavy atom. The number of carboxylic acid groups (broad SMARTS) is 1. The Balaban J connectivity index is 2.26. The Labute approximate surface area is 121 Å². The maximum absolute atomic E-state index is 12.5. The molecule has 1 aliphatic rings. The van der Waals surface area contributed by atoms with Gasteiger partial charge in [-0.05, 0) is 12.8 Å². The summed E-state index contributed by atoms with van der Waals surface area (Å²) in [7, 11) is -3.84. The quantitative estimate of drug-likeness (QED) is 0.841. The van der Waals surface area contributed by atoms with Crippen LogP contribution in [0.3, 0.4) is 0 Å². The molecule has 1 N–H and O–H groups in total. The van der Waals surface area contributed by atoms with Crippen molar-refractivity contribution in [3.8, 4) is 0 Å². The van der Waals surface area contributed by atoms with E-state index in [-0.39, 0.29) is 23.4 Å². The summed E-state index contributed by atoms with van der Waals surface area (Å²) >= 11 is 0.824. The lowest BCUT2D eigenvalue weighted by Gasteiger charge is -2.22. The first kappa shape index (κ1) is 15.4. The molecular formula is C11H16N2O5S2. The molecule has 0 radical (unpaired) electrons. The molecule has 2 heterocycles. The molecule has 0 spiro atoms. The van der Waals surface area contributed by atoms with Crippen LogP contribution in [-0.2, 0) is 14.8 Å². The Bertz CT molecular complexity index is 577. The van der Waals surface area contributed by atoms with Crippen molar-refractivity contribution < 1.29 is 23.1 Å². The highest BCUT2D eigenvalue weighted by atomic mass is 32.2. The number of hydrogen-bond acceptors (Lipinski definition) is 6. The zero-order valence-corrected chi connectivity index (χ0v) is 12.6. The molecule has 0 aliphatic carbocycles. The first-order valence-electron chi connectivity index (χ1n) is 6.25. The van der Waals surface area contributed by atoms with Crippen LogP contribution in [0.4, 0.5) is 0 Å². The van der Waals surface area contributed by atoms with Crippen molar-refractivity contribution in [1.82, 2.24) is 9.29 Å². The van der Waals surface area contributed by atoms with Crippen molar-refractivity contribution in [2.75, 3.05) is 19.7 Å². The van der Waals surface area contributed by atoms with Gasteiger partial charge >= 0.3 is 5.97 Å². The Morgan fingerprint density at radius 3 is 2.95 bits per heavy atom. The summed E-state index contributed by atoms with van der Waals surface area (Å²) in [6.07, 6.45) is 1.62. The van der Waals surface area contributed by atoms with E-state index in [0.29, 0.717) is 6.61 Å². The molecule has 1 fully saturated rings. The van der Waals surface area contributed by atoms with Gasteiger partial charge in [0.05, 0.1) is 11.6 Å². The van der Waals surface area contributed by atoms with Crippen molar-refractivity contribution in [3.63, 3.8) is 0 Å². The summed E-state index contributed by atoms with van der Waals surface area (Å²) in [4.78, 5) is 14.6. The second-order valence-electron chi connectivity index (χ2n) is 4.38. The van der Waals surface area contributed by atoms with E-state index in [4.69, 9.17) is 9.84 Å². The van der Waals surface area contributed by atoms with Gasteiger partial charge < -0.3 is 9.84 Å². The summed E-state index contributed by atoms with van der Waals surface area (Å²) in [6, 6.07) is 0. The van der Waals surface area contributed by atoms with Gasteiger partial charge in [0.2, 0.25) is 0 Å². The smallest absolute Gasteiger partial charge is 0.356 e. The summed E-state index contributed by atoms with van der Waals surface area (Å²) in [6.45, 7) is 2.87. The van der Waals surface area contributed by atoms with Gasteiger partial charge in [0.15, 0.2) is 9.90 Å². The van der Waals surface area contributed by atoms with Gasteiger partial charge in [-0.25, -0.2) is 18.2 Å². The van der Waals surface area contributed by atoms with E-state index >= 15 is 0 Å². The molecule has 1 aromatic rings. The minimum atomic E-state index is -3.84. The minimum absolute atomic E-state index is 0.120. The summed E-state index contributed by atoms with van der Waals surface area (Å²) in [5.41, 5.74) is 0.816. The van der Waals surface area contributed by atoms with Crippen LogP contribution < -0.4 is 0 Å². The van der Waals surface area contributed by atoms with Crippen molar-refractivity contribution in [2.24, 2.45) is 0 Å². The molecule has 1 aromatic heterocycles. The molecule has 0 saturated carbocycles. The lowest BCUT2D eigenvalue weighted by Crippen LogP contribution is -2.37. The summed E-state index contributed by atoms with van der Waals surface area (Å²) in [5, 5.41) is 8.99. The molecule has 2 rings (SSSR count). The number of aromatic carboxylic acids is 1. The average Bonchev–Trinajstić information content (AvgIpc) is 3.06. The second kappa shape index (κ2) is 6.17. The maximum atomic E-state index is 12.5. The number of likely N-dealkylation sites (N-methyl/N-ethyl adjacent to an activating group) is 1. The number of carbonyl (C=O) groups is 1. The number of rotatable bonds is 6. The zero-order chi connectivity index (χ0) is 14.8.